The van der Waals surface area contributed by atoms with Crippen LogP contribution in [0.2, 0.25) is 0 Å². The van der Waals surface area contributed by atoms with Gasteiger partial charge in [-0.3, -0.25) is 4.90 Å². The minimum atomic E-state index is 0.408. The van der Waals surface area contributed by atoms with Crippen LogP contribution in [0.15, 0.2) is 24.3 Å². The van der Waals surface area contributed by atoms with Crippen LogP contribution >= 0.6 is 0 Å². The number of likely N-dealkylation sites (N-methyl/N-ethyl adjacent to an activating group) is 1. The molecule has 1 aliphatic carbocycles. The SMILES string of the molecule is CCCCCC(CCC)C1(C2CCCC2)CN(CC)Cc2ccccc21. The zero-order valence-corrected chi connectivity index (χ0v) is 17.6. The maximum absolute atomic E-state index is 2.75. The second kappa shape index (κ2) is 9.40. The fourth-order valence-corrected chi connectivity index (χ4v) is 6.21. The molecule has 0 amide bonds. The second-order valence-electron chi connectivity index (χ2n) is 8.96. The summed E-state index contributed by atoms with van der Waals surface area (Å²) in [6.07, 6.45) is 14.2. The Balaban J connectivity index is 2.04. The number of hydrogen-bond acceptors (Lipinski definition) is 1. The Bertz CT molecular complexity index is 545. The minimum absolute atomic E-state index is 0.408. The van der Waals surface area contributed by atoms with E-state index in [1.54, 1.807) is 11.1 Å². The highest BCUT2D eigenvalue weighted by Crippen LogP contribution is 2.53. The molecule has 146 valence electrons. The molecule has 0 saturated heterocycles. The summed E-state index contributed by atoms with van der Waals surface area (Å²) in [4.78, 5) is 2.75. The molecule has 1 heteroatoms. The van der Waals surface area contributed by atoms with Gasteiger partial charge in [0, 0.05) is 18.5 Å². The van der Waals surface area contributed by atoms with Crippen molar-refractivity contribution in [3.63, 3.8) is 0 Å². The van der Waals surface area contributed by atoms with Crippen molar-refractivity contribution in [2.24, 2.45) is 11.8 Å². The Hall–Kier alpha value is -0.820. The summed E-state index contributed by atoms with van der Waals surface area (Å²) in [5.41, 5.74) is 3.78. The lowest BCUT2D eigenvalue weighted by Crippen LogP contribution is -2.54. The molecule has 1 heterocycles. The molecule has 2 unspecified atom stereocenters. The highest BCUT2D eigenvalue weighted by atomic mass is 15.1. The van der Waals surface area contributed by atoms with Gasteiger partial charge >= 0.3 is 0 Å². The van der Waals surface area contributed by atoms with Gasteiger partial charge in [0.2, 0.25) is 0 Å². The number of fused-ring (bicyclic) bond motifs is 1. The Morgan fingerprint density at radius 3 is 2.46 bits per heavy atom. The Labute approximate surface area is 162 Å². The van der Waals surface area contributed by atoms with Gasteiger partial charge in [0.05, 0.1) is 0 Å². The first kappa shape index (κ1) is 19.9. The van der Waals surface area contributed by atoms with E-state index in [0.29, 0.717) is 5.41 Å². The molecule has 0 spiro atoms. The molecule has 0 radical (unpaired) electrons. The van der Waals surface area contributed by atoms with Crippen LogP contribution in [0.25, 0.3) is 0 Å². The monoisotopic (exact) mass is 355 g/mol. The lowest BCUT2D eigenvalue weighted by Gasteiger charge is -2.52. The van der Waals surface area contributed by atoms with Crippen molar-refractivity contribution in [1.29, 1.82) is 0 Å². The quantitative estimate of drug-likeness (QED) is 0.433. The molecule has 1 nitrogen and oxygen atoms in total. The number of rotatable bonds is 9. The molecule has 2 atom stereocenters. The minimum Gasteiger partial charge on any atom is -0.298 e. The smallest absolute Gasteiger partial charge is 0.0236 e. The number of unbranched alkanes of at least 4 members (excludes halogenated alkanes) is 2. The molecular weight excluding hydrogens is 314 g/mol. The van der Waals surface area contributed by atoms with Crippen LogP contribution in [0.1, 0.15) is 96.1 Å². The topological polar surface area (TPSA) is 3.24 Å². The lowest BCUT2D eigenvalue weighted by molar-refractivity contribution is 0.0680. The molecule has 0 aromatic heterocycles. The number of hydrogen-bond donors (Lipinski definition) is 0. The van der Waals surface area contributed by atoms with E-state index in [2.05, 4.69) is 49.9 Å². The van der Waals surface area contributed by atoms with Gasteiger partial charge in [-0.25, -0.2) is 0 Å². The summed E-state index contributed by atoms with van der Waals surface area (Å²) in [5.74, 6) is 1.76. The fraction of sp³-hybridized carbons (Fsp3) is 0.760. The van der Waals surface area contributed by atoms with Crippen molar-refractivity contribution < 1.29 is 0 Å². The van der Waals surface area contributed by atoms with Crippen molar-refractivity contribution in [3.05, 3.63) is 35.4 Å². The van der Waals surface area contributed by atoms with Gasteiger partial charge < -0.3 is 0 Å². The summed E-state index contributed by atoms with van der Waals surface area (Å²) < 4.78 is 0. The molecule has 1 saturated carbocycles. The zero-order valence-electron chi connectivity index (χ0n) is 17.6. The van der Waals surface area contributed by atoms with Crippen molar-refractivity contribution in [1.82, 2.24) is 4.90 Å². The van der Waals surface area contributed by atoms with E-state index < -0.39 is 0 Å². The molecule has 3 rings (SSSR count). The van der Waals surface area contributed by atoms with E-state index >= 15 is 0 Å². The predicted octanol–water partition coefficient (Wildman–Crippen LogP) is 6.95. The summed E-state index contributed by atoms with van der Waals surface area (Å²) in [7, 11) is 0. The van der Waals surface area contributed by atoms with Crippen LogP contribution in [-0.2, 0) is 12.0 Å². The standard InChI is InChI=1S/C25H41N/c1-4-7-8-15-22(13-5-2)25(23-16-10-11-17-23)20-26(6-3)19-21-14-9-12-18-24(21)25/h9,12,14,18,22-23H,4-8,10-11,13,15-17,19-20H2,1-3H3. The Morgan fingerprint density at radius 2 is 1.77 bits per heavy atom. The highest BCUT2D eigenvalue weighted by Gasteiger charge is 2.50. The van der Waals surface area contributed by atoms with Crippen LogP contribution in [-0.4, -0.2) is 18.0 Å². The van der Waals surface area contributed by atoms with Crippen molar-refractivity contribution >= 4 is 0 Å². The first-order valence-corrected chi connectivity index (χ1v) is 11.6. The largest absolute Gasteiger partial charge is 0.298 e. The van der Waals surface area contributed by atoms with Gasteiger partial charge in [-0.05, 0) is 55.2 Å². The summed E-state index contributed by atoms with van der Waals surface area (Å²) in [6.45, 7) is 10.8. The average molecular weight is 356 g/mol. The van der Waals surface area contributed by atoms with Crippen LogP contribution in [0, 0.1) is 11.8 Å². The van der Waals surface area contributed by atoms with Gasteiger partial charge in [-0.2, -0.15) is 0 Å². The third-order valence-corrected chi connectivity index (χ3v) is 7.45. The van der Waals surface area contributed by atoms with Crippen molar-refractivity contribution in [3.8, 4) is 0 Å². The zero-order chi connectivity index (χ0) is 18.4. The second-order valence-corrected chi connectivity index (χ2v) is 8.96. The molecule has 1 fully saturated rings. The molecule has 0 N–H and O–H groups in total. The maximum Gasteiger partial charge on any atom is 0.0236 e. The molecule has 0 bridgehead atoms. The predicted molar refractivity (Wildman–Crippen MR) is 114 cm³/mol. The molecule has 1 aromatic rings. The lowest BCUT2D eigenvalue weighted by atomic mass is 9.57. The third-order valence-electron chi connectivity index (χ3n) is 7.45. The molecule has 2 aliphatic rings. The van der Waals surface area contributed by atoms with Crippen molar-refractivity contribution in [2.45, 2.75) is 96.9 Å². The third kappa shape index (κ3) is 3.88. The van der Waals surface area contributed by atoms with E-state index in [9.17, 15) is 0 Å². The van der Waals surface area contributed by atoms with Crippen LogP contribution in [0.4, 0.5) is 0 Å². The number of benzene rings is 1. The van der Waals surface area contributed by atoms with E-state index in [1.165, 1.54) is 77.3 Å². The molecule has 1 aliphatic heterocycles. The van der Waals surface area contributed by atoms with Gasteiger partial charge in [0.1, 0.15) is 0 Å². The number of nitrogens with zero attached hydrogens (tertiary/aromatic N) is 1. The highest BCUT2D eigenvalue weighted by molar-refractivity contribution is 5.39. The van der Waals surface area contributed by atoms with E-state index in [0.717, 1.165) is 18.4 Å². The summed E-state index contributed by atoms with van der Waals surface area (Å²) in [6, 6.07) is 9.53. The van der Waals surface area contributed by atoms with Gasteiger partial charge in [-0.15, -0.1) is 0 Å². The van der Waals surface area contributed by atoms with Gasteiger partial charge in [0.15, 0.2) is 0 Å². The normalized spacial score (nSPS) is 25.3. The molecular formula is C25H41N. The average Bonchev–Trinajstić information content (AvgIpc) is 3.21. The molecule has 1 aromatic carbocycles. The Kier molecular flexibility index (Phi) is 7.20. The van der Waals surface area contributed by atoms with E-state index in [-0.39, 0.29) is 0 Å². The maximum atomic E-state index is 2.75. The van der Waals surface area contributed by atoms with E-state index in [4.69, 9.17) is 0 Å². The van der Waals surface area contributed by atoms with Crippen LogP contribution in [0.3, 0.4) is 0 Å². The fourth-order valence-electron chi connectivity index (χ4n) is 6.21. The van der Waals surface area contributed by atoms with Crippen LogP contribution in [0.5, 0.6) is 0 Å². The molecule has 26 heavy (non-hydrogen) atoms. The first-order chi connectivity index (χ1) is 12.8. The van der Waals surface area contributed by atoms with Gasteiger partial charge in [0.25, 0.3) is 0 Å². The first-order valence-electron chi connectivity index (χ1n) is 11.6. The Morgan fingerprint density at radius 1 is 1.00 bits per heavy atom. The van der Waals surface area contributed by atoms with Crippen LogP contribution < -0.4 is 0 Å². The van der Waals surface area contributed by atoms with E-state index in [1.807, 2.05) is 0 Å². The summed E-state index contributed by atoms with van der Waals surface area (Å²) in [5, 5.41) is 0. The van der Waals surface area contributed by atoms with Gasteiger partial charge in [-0.1, -0.05) is 83.6 Å². The summed E-state index contributed by atoms with van der Waals surface area (Å²) >= 11 is 0. The van der Waals surface area contributed by atoms with Crippen molar-refractivity contribution in [2.75, 3.05) is 13.1 Å².